The molecule has 4 aliphatic rings. The Morgan fingerprint density at radius 1 is 0.685 bits per heavy atom. The summed E-state index contributed by atoms with van der Waals surface area (Å²) in [7, 11) is -7.40. The van der Waals surface area contributed by atoms with Crippen LogP contribution >= 0.6 is 23.2 Å². The van der Waals surface area contributed by atoms with Crippen LogP contribution in [-0.4, -0.2) is 99.7 Å². The molecule has 2 atom stereocenters. The number of halogens is 2. The Labute approximate surface area is 333 Å². The van der Waals surface area contributed by atoms with Crippen LogP contribution in [0.3, 0.4) is 0 Å². The summed E-state index contributed by atoms with van der Waals surface area (Å²) in [6.45, 7) is 14.1. The van der Waals surface area contributed by atoms with Gasteiger partial charge in [0, 0.05) is 39.3 Å². The van der Waals surface area contributed by atoms with E-state index in [0.717, 1.165) is 32.4 Å². The number of carboxylic acids is 1. The van der Waals surface area contributed by atoms with Crippen molar-refractivity contribution in [1.82, 2.24) is 18.8 Å². The van der Waals surface area contributed by atoms with Gasteiger partial charge in [0.05, 0.1) is 21.9 Å². The minimum Gasteiger partial charge on any atom is -0.481 e. The van der Waals surface area contributed by atoms with Crippen molar-refractivity contribution in [2.75, 3.05) is 52.4 Å². The first-order valence-corrected chi connectivity index (χ1v) is 22.2. The number of hydrogen-bond acceptors (Lipinski definition) is 7. The van der Waals surface area contributed by atoms with Crippen molar-refractivity contribution in [3.63, 3.8) is 0 Å². The molecule has 6 rings (SSSR count). The highest BCUT2D eigenvalue weighted by molar-refractivity contribution is 7.89. The van der Waals surface area contributed by atoms with E-state index in [-0.39, 0.29) is 57.6 Å². The molecule has 0 spiro atoms. The fourth-order valence-corrected chi connectivity index (χ4v) is 11.0. The van der Waals surface area contributed by atoms with Gasteiger partial charge in [-0.15, -0.1) is 0 Å². The number of aliphatic carboxylic acids is 1. The zero-order chi connectivity index (χ0) is 39.0. The molecule has 4 heterocycles. The summed E-state index contributed by atoms with van der Waals surface area (Å²) >= 11 is 12.0. The maximum Gasteiger partial charge on any atom is 0.307 e. The topological polar surface area (TPSA) is 144 Å². The summed E-state index contributed by atoms with van der Waals surface area (Å²) in [6.07, 6.45) is 7.15. The minimum absolute atomic E-state index is 0. The standard InChI is InChI=1S/C19H27ClN2O3S.C12H14ClNO4S.C7H15N.CH4/c1-19(2)9-12-21(13-10-19)18(23)15-6-5-11-22(14-15)26(24,25)17-8-4-3-7-16(17)20;13-10-5-1-2-6-11(10)19(17,18)14-7-3-4-9(8-14)12(15)16;1-7(2)3-5-8-6-4-7;/h3-4,7-8,15H,5-6,9-14H2,1-2H3;1-2,5-6,9H,3-4,7-8H2,(H,15,16);8H,3-6H2,1-2H3;1H4. The predicted octanol–water partition coefficient (Wildman–Crippen LogP) is 7.25. The number of carbonyl (C=O) groups excluding carboxylic acids is 1. The number of amides is 1. The van der Waals surface area contributed by atoms with E-state index in [1.807, 2.05) is 4.90 Å². The lowest BCUT2D eigenvalue weighted by molar-refractivity contribution is -0.143. The molecule has 2 aromatic carbocycles. The Morgan fingerprint density at radius 2 is 1.09 bits per heavy atom. The van der Waals surface area contributed by atoms with Gasteiger partial charge in [0.1, 0.15) is 9.79 Å². The van der Waals surface area contributed by atoms with Crippen LogP contribution in [0.5, 0.6) is 0 Å². The average Bonchev–Trinajstić information content (AvgIpc) is 3.12. The molecule has 2 aromatic rings. The van der Waals surface area contributed by atoms with Crippen LogP contribution in [0.15, 0.2) is 58.3 Å². The molecule has 2 unspecified atom stereocenters. The first-order chi connectivity index (χ1) is 24.8. The van der Waals surface area contributed by atoms with Gasteiger partial charge in [-0.1, -0.05) is 82.6 Å². The third-order valence-corrected chi connectivity index (χ3v) is 15.5. The van der Waals surface area contributed by atoms with E-state index in [4.69, 9.17) is 28.3 Å². The lowest BCUT2D eigenvalue weighted by Crippen LogP contribution is -2.49. The van der Waals surface area contributed by atoms with Crippen LogP contribution in [-0.2, 0) is 29.6 Å². The van der Waals surface area contributed by atoms with E-state index in [9.17, 15) is 26.4 Å². The number of benzene rings is 2. The summed E-state index contributed by atoms with van der Waals surface area (Å²) in [5.41, 5.74) is 0.897. The average molecular weight is 832 g/mol. The van der Waals surface area contributed by atoms with E-state index in [1.54, 1.807) is 30.3 Å². The Hall–Kier alpha value is -2.26. The van der Waals surface area contributed by atoms with Crippen LogP contribution in [0.1, 0.15) is 86.5 Å². The molecule has 0 bridgehead atoms. The molecule has 0 aliphatic carbocycles. The van der Waals surface area contributed by atoms with E-state index < -0.39 is 31.9 Å². The number of rotatable bonds is 6. The number of piperidine rings is 4. The number of nitrogens with zero attached hydrogens (tertiary/aromatic N) is 3. The first-order valence-electron chi connectivity index (χ1n) is 18.6. The molecular formula is C39H60Cl2N4O7S2. The Morgan fingerprint density at radius 3 is 1.50 bits per heavy atom. The lowest BCUT2D eigenvalue weighted by atomic mass is 9.82. The Kier molecular flexibility index (Phi) is 16.9. The van der Waals surface area contributed by atoms with Crippen molar-refractivity contribution in [1.29, 1.82) is 0 Å². The van der Waals surface area contributed by atoms with Crippen molar-refractivity contribution >= 4 is 55.1 Å². The van der Waals surface area contributed by atoms with Crippen molar-refractivity contribution in [3.05, 3.63) is 58.6 Å². The van der Waals surface area contributed by atoms with Gasteiger partial charge in [0.2, 0.25) is 26.0 Å². The third kappa shape index (κ3) is 12.4. The van der Waals surface area contributed by atoms with E-state index in [1.165, 1.54) is 52.7 Å². The first kappa shape index (κ1) is 46.1. The number of likely N-dealkylation sites (tertiary alicyclic amines) is 1. The molecule has 0 saturated carbocycles. The summed E-state index contributed by atoms with van der Waals surface area (Å²) in [5.74, 6) is -1.77. The molecule has 0 aromatic heterocycles. The SMILES string of the molecule is C.CC1(C)CCN(C(=O)C2CCCN(S(=O)(=O)c3ccccc3Cl)C2)CC1.CC1(C)CCNCC1.O=C(O)C1CCCN(S(=O)(=O)c2ccccc2Cl)C1. The number of sulfonamides is 2. The molecule has 4 saturated heterocycles. The summed E-state index contributed by atoms with van der Waals surface area (Å²) in [6, 6.07) is 12.7. The van der Waals surface area contributed by atoms with Gasteiger partial charge in [-0.05, 0) is 99.6 Å². The molecule has 4 aliphatic heterocycles. The fourth-order valence-electron chi connectivity index (χ4n) is 7.00. The molecule has 4 fully saturated rings. The molecule has 11 nitrogen and oxygen atoms in total. The predicted molar refractivity (Wildman–Crippen MR) is 216 cm³/mol. The van der Waals surface area contributed by atoms with Gasteiger partial charge in [-0.2, -0.15) is 8.61 Å². The van der Waals surface area contributed by atoms with Gasteiger partial charge in [-0.25, -0.2) is 16.8 Å². The fraction of sp³-hybridized carbons (Fsp3) is 0.641. The number of carbonyl (C=O) groups is 2. The Balaban J connectivity index is 0.000000244. The van der Waals surface area contributed by atoms with Gasteiger partial charge in [0.15, 0.2) is 0 Å². The quantitative estimate of drug-likeness (QED) is 0.310. The van der Waals surface area contributed by atoms with Crippen LogP contribution < -0.4 is 5.32 Å². The second kappa shape index (κ2) is 19.7. The van der Waals surface area contributed by atoms with Gasteiger partial charge in [-0.3, -0.25) is 9.59 Å². The summed E-state index contributed by atoms with van der Waals surface area (Å²) in [4.78, 5) is 26.0. The molecule has 304 valence electrons. The molecule has 1 amide bonds. The molecular weight excluding hydrogens is 771 g/mol. The van der Waals surface area contributed by atoms with Gasteiger partial charge < -0.3 is 15.3 Å². The number of hydrogen-bond donors (Lipinski definition) is 2. The van der Waals surface area contributed by atoms with Crippen molar-refractivity contribution in [2.45, 2.75) is 96.3 Å². The van der Waals surface area contributed by atoms with Crippen LogP contribution in [0.25, 0.3) is 0 Å². The highest BCUT2D eigenvalue weighted by atomic mass is 35.5. The largest absolute Gasteiger partial charge is 0.481 e. The second-order valence-electron chi connectivity index (χ2n) is 16.0. The maximum absolute atomic E-state index is 13.0. The normalized spacial score (nSPS) is 23.3. The van der Waals surface area contributed by atoms with Crippen LogP contribution in [0.2, 0.25) is 10.0 Å². The van der Waals surface area contributed by atoms with E-state index >= 15 is 0 Å². The lowest BCUT2D eigenvalue weighted by Gasteiger charge is -2.40. The Bertz CT molecular complexity index is 1770. The van der Waals surface area contributed by atoms with Crippen molar-refractivity contribution in [3.8, 4) is 0 Å². The van der Waals surface area contributed by atoms with Gasteiger partial charge in [0.25, 0.3) is 0 Å². The van der Waals surface area contributed by atoms with Crippen molar-refractivity contribution in [2.24, 2.45) is 22.7 Å². The minimum atomic E-state index is -3.72. The monoisotopic (exact) mass is 830 g/mol. The highest BCUT2D eigenvalue weighted by Gasteiger charge is 2.38. The zero-order valence-electron chi connectivity index (χ0n) is 31.4. The number of nitrogens with one attached hydrogen (secondary N) is 1. The highest BCUT2D eigenvalue weighted by Crippen LogP contribution is 2.33. The molecule has 15 heteroatoms. The molecule has 2 N–H and O–H groups in total. The van der Waals surface area contributed by atoms with Crippen LogP contribution in [0.4, 0.5) is 0 Å². The second-order valence-corrected chi connectivity index (χ2v) is 20.6. The molecule has 54 heavy (non-hydrogen) atoms. The number of carboxylic acid groups (broad SMARTS) is 1. The van der Waals surface area contributed by atoms with Crippen molar-refractivity contribution < 1.29 is 31.5 Å². The summed E-state index contributed by atoms with van der Waals surface area (Å²) < 4.78 is 53.4. The smallest absolute Gasteiger partial charge is 0.307 e. The summed E-state index contributed by atoms with van der Waals surface area (Å²) in [5, 5.41) is 12.7. The van der Waals surface area contributed by atoms with Gasteiger partial charge >= 0.3 is 5.97 Å². The molecule has 0 radical (unpaired) electrons. The third-order valence-electron chi connectivity index (χ3n) is 10.8. The van der Waals surface area contributed by atoms with E-state index in [0.29, 0.717) is 37.8 Å². The maximum atomic E-state index is 13.0. The van der Waals surface area contributed by atoms with Crippen LogP contribution in [0, 0.1) is 22.7 Å². The van der Waals surface area contributed by atoms with E-state index in [2.05, 4.69) is 33.0 Å². The zero-order valence-corrected chi connectivity index (χ0v) is 34.5.